The van der Waals surface area contributed by atoms with Crippen molar-refractivity contribution in [3.63, 3.8) is 0 Å². The normalized spacial score (nSPS) is 12.3. The highest BCUT2D eigenvalue weighted by Gasteiger charge is 2.01. The first-order valence-electron chi connectivity index (χ1n) is 6.00. The molecule has 0 aromatic carbocycles. The van der Waals surface area contributed by atoms with Gasteiger partial charge in [-0.15, -0.1) is 6.58 Å². The molecule has 0 radical (unpaired) electrons. The Morgan fingerprint density at radius 2 is 1.73 bits per heavy atom. The number of allylic oxidation sites excluding steroid dienone is 1. The molecule has 15 heavy (non-hydrogen) atoms. The summed E-state index contributed by atoms with van der Waals surface area (Å²) in [7, 11) is 0. The second kappa shape index (κ2) is 9.75. The standard InChI is InChI=1S/C13H24O2/c1-3-4-5-6-7-8-9-10-11-12(2)13(14)15/h3,12H,1,4-11H2,2H3,(H,14,15)/p-1. The second-order valence-corrected chi connectivity index (χ2v) is 4.21. The Bertz CT molecular complexity index is 175. The van der Waals surface area contributed by atoms with E-state index >= 15 is 0 Å². The number of unbranched alkanes of at least 4 members (excludes halogenated alkanes) is 6. The number of carbonyl (C=O) groups excluding carboxylic acids is 1. The van der Waals surface area contributed by atoms with Crippen LogP contribution in [0.3, 0.4) is 0 Å². The Morgan fingerprint density at radius 3 is 2.27 bits per heavy atom. The number of carboxylic acids is 1. The smallest absolute Gasteiger partial charge is 0.0442 e. The lowest BCUT2D eigenvalue weighted by Gasteiger charge is -2.11. The van der Waals surface area contributed by atoms with Crippen LogP contribution in [0.2, 0.25) is 0 Å². The molecule has 0 rings (SSSR count). The van der Waals surface area contributed by atoms with Crippen molar-refractivity contribution in [1.29, 1.82) is 0 Å². The molecule has 0 spiro atoms. The largest absolute Gasteiger partial charge is 0.550 e. The molecule has 88 valence electrons. The van der Waals surface area contributed by atoms with Crippen molar-refractivity contribution in [1.82, 2.24) is 0 Å². The van der Waals surface area contributed by atoms with Crippen molar-refractivity contribution < 1.29 is 9.90 Å². The van der Waals surface area contributed by atoms with Gasteiger partial charge in [-0.1, -0.05) is 45.1 Å². The Kier molecular flexibility index (Phi) is 9.24. The lowest BCUT2D eigenvalue weighted by atomic mass is 10.0. The summed E-state index contributed by atoms with van der Waals surface area (Å²) >= 11 is 0. The van der Waals surface area contributed by atoms with Gasteiger partial charge in [0, 0.05) is 5.97 Å². The molecule has 2 heteroatoms. The molecular formula is C13H23O2-. The fraction of sp³-hybridized carbons (Fsp3) is 0.769. The van der Waals surface area contributed by atoms with Crippen molar-refractivity contribution in [3.8, 4) is 0 Å². The molecule has 0 bridgehead atoms. The maximum absolute atomic E-state index is 10.4. The third kappa shape index (κ3) is 9.51. The first kappa shape index (κ1) is 14.2. The quantitative estimate of drug-likeness (QED) is 0.412. The van der Waals surface area contributed by atoms with E-state index in [0.29, 0.717) is 0 Å². The molecule has 1 atom stereocenters. The maximum Gasteiger partial charge on any atom is 0.0442 e. The van der Waals surface area contributed by atoms with Crippen LogP contribution in [0.15, 0.2) is 12.7 Å². The van der Waals surface area contributed by atoms with E-state index in [0.717, 1.165) is 25.7 Å². The maximum atomic E-state index is 10.4. The molecule has 0 fully saturated rings. The molecule has 0 aliphatic carbocycles. The van der Waals surface area contributed by atoms with Crippen molar-refractivity contribution in [3.05, 3.63) is 12.7 Å². The summed E-state index contributed by atoms with van der Waals surface area (Å²) in [5.41, 5.74) is 0. The summed E-state index contributed by atoms with van der Waals surface area (Å²) in [5, 5.41) is 10.4. The van der Waals surface area contributed by atoms with Gasteiger partial charge in [0.2, 0.25) is 0 Å². The van der Waals surface area contributed by atoms with Gasteiger partial charge in [0.1, 0.15) is 0 Å². The van der Waals surface area contributed by atoms with Gasteiger partial charge in [0.05, 0.1) is 0 Å². The number of hydrogen-bond acceptors (Lipinski definition) is 2. The number of aliphatic carboxylic acids is 1. The van der Waals surface area contributed by atoms with E-state index < -0.39 is 5.97 Å². The number of hydrogen-bond donors (Lipinski definition) is 0. The van der Waals surface area contributed by atoms with Gasteiger partial charge in [0.25, 0.3) is 0 Å². The Morgan fingerprint density at radius 1 is 1.20 bits per heavy atom. The molecule has 0 saturated heterocycles. The van der Waals surface area contributed by atoms with Crippen LogP contribution < -0.4 is 5.11 Å². The lowest BCUT2D eigenvalue weighted by Crippen LogP contribution is -2.29. The minimum atomic E-state index is -0.916. The Hall–Kier alpha value is -0.790. The SMILES string of the molecule is C=CCCCCCCCCC(C)C(=O)[O-]. The highest BCUT2D eigenvalue weighted by Crippen LogP contribution is 2.12. The number of carboxylic acid groups (broad SMARTS) is 1. The van der Waals surface area contributed by atoms with E-state index in [1.54, 1.807) is 6.92 Å². The monoisotopic (exact) mass is 211 g/mol. The highest BCUT2D eigenvalue weighted by atomic mass is 16.4. The lowest BCUT2D eigenvalue weighted by molar-refractivity contribution is -0.311. The van der Waals surface area contributed by atoms with Crippen LogP contribution in [0.25, 0.3) is 0 Å². The first-order valence-corrected chi connectivity index (χ1v) is 6.00. The van der Waals surface area contributed by atoms with E-state index in [-0.39, 0.29) is 5.92 Å². The zero-order valence-electron chi connectivity index (χ0n) is 9.84. The molecule has 0 amide bonds. The van der Waals surface area contributed by atoms with Crippen LogP contribution in [-0.4, -0.2) is 5.97 Å². The minimum absolute atomic E-state index is 0.286. The molecule has 0 saturated carbocycles. The zero-order valence-corrected chi connectivity index (χ0v) is 9.84. The summed E-state index contributed by atoms with van der Waals surface area (Å²) in [6.45, 7) is 5.40. The fourth-order valence-electron chi connectivity index (χ4n) is 1.56. The molecule has 0 aromatic heterocycles. The Balaban J connectivity index is 3.11. The minimum Gasteiger partial charge on any atom is -0.550 e. The average molecular weight is 211 g/mol. The highest BCUT2D eigenvalue weighted by molar-refractivity contribution is 5.66. The summed E-state index contributed by atoms with van der Waals surface area (Å²) in [5.74, 6) is -1.20. The van der Waals surface area contributed by atoms with Gasteiger partial charge in [-0.3, -0.25) is 0 Å². The molecule has 2 nitrogen and oxygen atoms in total. The van der Waals surface area contributed by atoms with Crippen molar-refractivity contribution in [2.45, 2.75) is 58.3 Å². The van der Waals surface area contributed by atoms with Gasteiger partial charge >= 0.3 is 0 Å². The van der Waals surface area contributed by atoms with E-state index in [9.17, 15) is 9.90 Å². The summed E-state index contributed by atoms with van der Waals surface area (Å²) in [4.78, 5) is 10.4. The van der Waals surface area contributed by atoms with Crippen LogP contribution in [0.5, 0.6) is 0 Å². The molecule has 0 aromatic rings. The topological polar surface area (TPSA) is 40.1 Å². The van der Waals surface area contributed by atoms with E-state index in [1.807, 2.05) is 6.08 Å². The van der Waals surface area contributed by atoms with Crippen LogP contribution in [0.1, 0.15) is 58.3 Å². The van der Waals surface area contributed by atoms with Gasteiger partial charge in [-0.05, 0) is 25.2 Å². The predicted molar refractivity (Wildman–Crippen MR) is 61.3 cm³/mol. The van der Waals surface area contributed by atoms with Gasteiger partial charge < -0.3 is 9.90 Å². The molecule has 0 N–H and O–H groups in total. The molecular weight excluding hydrogens is 188 g/mol. The van der Waals surface area contributed by atoms with Crippen LogP contribution >= 0.6 is 0 Å². The van der Waals surface area contributed by atoms with Gasteiger partial charge in [0.15, 0.2) is 0 Å². The fourth-order valence-corrected chi connectivity index (χ4v) is 1.56. The van der Waals surface area contributed by atoms with Crippen LogP contribution in [0, 0.1) is 5.92 Å². The third-order valence-electron chi connectivity index (χ3n) is 2.70. The van der Waals surface area contributed by atoms with E-state index in [4.69, 9.17) is 0 Å². The Labute approximate surface area is 93.4 Å². The van der Waals surface area contributed by atoms with Crippen LogP contribution in [-0.2, 0) is 4.79 Å². The molecule has 0 aliphatic heterocycles. The van der Waals surface area contributed by atoms with E-state index in [1.165, 1.54) is 25.7 Å². The summed E-state index contributed by atoms with van der Waals surface area (Å²) in [6, 6.07) is 0. The summed E-state index contributed by atoms with van der Waals surface area (Å²) < 4.78 is 0. The van der Waals surface area contributed by atoms with Crippen molar-refractivity contribution >= 4 is 5.97 Å². The first-order chi connectivity index (χ1) is 7.18. The summed E-state index contributed by atoms with van der Waals surface area (Å²) in [6.07, 6.45) is 11.0. The predicted octanol–water partition coefficient (Wildman–Crippen LogP) is 2.68. The average Bonchev–Trinajstić information content (AvgIpc) is 2.21. The van der Waals surface area contributed by atoms with Crippen LogP contribution in [0.4, 0.5) is 0 Å². The molecule has 0 aliphatic rings. The second-order valence-electron chi connectivity index (χ2n) is 4.21. The molecule has 0 heterocycles. The third-order valence-corrected chi connectivity index (χ3v) is 2.70. The van der Waals surface area contributed by atoms with Crippen molar-refractivity contribution in [2.75, 3.05) is 0 Å². The zero-order chi connectivity index (χ0) is 11.5. The van der Waals surface area contributed by atoms with Gasteiger partial charge in [-0.25, -0.2) is 0 Å². The molecule has 1 unspecified atom stereocenters. The van der Waals surface area contributed by atoms with Crippen molar-refractivity contribution in [2.24, 2.45) is 5.92 Å². The van der Waals surface area contributed by atoms with E-state index in [2.05, 4.69) is 6.58 Å². The number of rotatable bonds is 10. The number of carbonyl (C=O) groups is 1. The van der Waals surface area contributed by atoms with Gasteiger partial charge in [-0.2, -0.15) is 0 Å².